The summed E-state index contributed by atoms with van der Waals surface area (Å²) >= 11 is 6.00. The zero-order chi connectivity index (χ0) is 24.0. The summed E-state index contributed by atoms with van der Waals surface area (Å²) in [7, 11) is 1.30. The number of pyridine rings is 1. The summed E-state index contributed by atoms with van der Waals surface area (Å²) in [5, 5.41) is 4.12. The lowest BCUT2D eigenvalue weighted by atomic mass is 10.0. The summed E-state index contributed by atoms with van der Waals surface area (Å²) in [5.41, 5.74) is 3.01. The van der Waals surface area contributed by atoms with Crippen LogP contribution in [-0.2, 0) is 16.0 Å². The topological polar surface area (TPSA) is 98.6 Å². The minimum Gasteiger partial charge on any atom is -0.464 e. The van der Waals surface area contributed by atoms with E-state index in [0.717, 1.165) is 17.5 Å². The summed E-state index contributed by atoms with van der Waals surface area (Å²) in [6, 6.07) is 7.15. The number of fused-ring (bicyclic) bond motifs is 4. The molecule has 2 aliphatic rings. The number of morpholine rings is 1. The number of methoxy groups -OCH3 is 1. The van der Waals surface area contributed by atoms with Gasteiger partial charge in [0.1, 0.15) is 5.15 Å². The third-order valence-corrected chi connectivity index (χ3v) is 6.67. The van der Waals surface area contributed by atoms with E-state index in [1.165, 1.54) is 7.11 Å². The summed E-state index contributed by atoms with van der Waals surface area (Å²) < 4.78 is 12.3. The maximum absolute atomic E-state index is 13.5. The molecule has 1 fully saturated rings. The van der Waals surface area contributed by atoms with Crippen LogP contribution in [0.4, 0.5) is 11.6 Å². The number of hydrogen-bond donors (Lipinski definition) is 1. The molecule has 1 unspecified atom stereocenters. The first kappa shape index (κ1) is 22.6. The lowest BCUT2D eigenvalue weighted by Crippen LogP contribution is -2.52. The van der Waals surface area contributed by atoms with Crippen molar-refractivity contribution < 1.29 is 14.3 Å². The Morgan fingerprint density at radius 3 is 2.91 bits per heavy atom. The fourth-order valence-electron chi connectivity index (χ4n) is 4.79. The van der Waals surface area contributed by atoms with Crippen molar-refractivity contribution in [2.75, 3.05) is 37.1 Å². The van der Waals surface area contributed by atoms with Crippen LogP contribution >= 0.6 is 11.6 Å². The Morgan fingerprint density at radius 2 is 2.12 bits per heavy atom. The molecule has 1 saturated heterocycles. The number of nitrogens with one attached hydrogen (secondary N) is 1. The average Bonchev–Trinajstić information content (AvgIpc) is 2.84. The van der Waals surface area contributed by atoms with Crippen LogP contribution in [-0.4, -0.2) is 53.4 Å². The van der Waals surface area contributed by atoms with Crippen LogP contribution in [0.5, 0.6) is 0 Å². The first-order valence-electron chi connectivity index (χ1n) is 11.3. The number of ether oxygens (including phenoxy) is 2. The predicted molar refractivity (Wildman–Crippen MR) is 130 cm³/mol. The largest absolute Gasteiger partial charge is 0.464 e. The number of aryl methyl sites for hydroxylation is 1. The van der Waals surface area contributed by atoms with Crippen molar-refractivity contribution in [3.05, 3.63) is 56.6 Å². The minimum atomic E-state index is -0.588. The first-order chi connectivity index (χ1) is 16.4. The SMILES string of the molecule is COC(=O)c1nc(Cl)ccc1N[C@H](C)c1cc(C)cc2c(=O)n3c(nc12)N1CCOCC1CC3. The third kappa shape index (κ3) is 3.88. The van der Waals surface area contributed by atoms with Crippen molar-refractivity contribution in [3.8, 4) is 0 Å². The van der Waals surface area contributed by atoms with E-state index in [4.69, 9.17) is 26.1 Å². The van der Waals surface area contributed by atoms with Crippen molar-refractivity contribution in [1.29, 1.82) is 0 Å². The van der Waals surface area contributed by atoms with Gasteiger partial charge in [-0.1, -0.05) is 17.7 Å². The van der Waals surface area contributed by atoms with E-state index in [2.05, 4.69) is 15.2 Å². The molecule has 2 atom stereocenters. The number of anilines is 2. The van der Waals surface area contributed by atoms with E-state index in [1.54, 1.807) is 16.7 Å². The van der Waals surface area contributed by atoms with Crippen LogP contribution in [0.1, 0.15) is 41.0 Å². The molecule has 0 saturated carbocycles. The van der Waals surface area contributed by atoms with Crippen molar-refractivity contribution in [2.45, 2.75) is 38.9 Å². The van der Waals surface area contributed by atoms with Crippen molar-refractivity contribution in [3.63, 3.8) is 0 Å². The second kappa shape index (κ2) is 8.88. The fourth-order valence-corrected chi connectivity index (χ4v) is 4.94. The summed E-state index contributed by atoms with van der Waals surface area (Å²) in [4.78, 5) is 37.1. The lowest BCUT2D eigenvalue weighted by molar-refractivity contribution is 0.0595. The monoisotopic (exact) mass is 483 g/mol. The number of aromatic nitrogens is 3. The maximum Gasteiger partial charge on any atom is 0.358 e. The zero-order valence-electron chi connectivity index (χ0n) is 19.3. The Hall–Kier alpha value is -3.17. The highest BCUT2D eigenvalue weighted by Gasteiger charge is 2.32. The van der Waals surface area contributed by atoms with Crippen molar-refractivity contribution in [1.82, 2.24) is 14.5 Å². The maximum atomic E-state index is 13.5. The third-order valence-electron chi connectivity index (χ3n) is 6.46. The second-order valence-corrected chi connectivity index (χ2v) is 9.10. The second-order valence-electron chi connectivity index (χ2n) is 8.72. The molecule has 0 bridgehead atoms. The number of carbonyl (C=O) groups is 1. The Kier molecular flexibility index (Phi) is 5.91. The highest BCUT2D eigenvalue weighted by atomic mass is 35.5. The van der Waals surface area contributed by atoms with E-state index in [-0.39, 0.29) is 28.5 Å². The molecule has 5 rings (SSSR count). The van der Waals surface area contributed by atoms with Gasteiger partial charge in [0.15, 0.2) is 5.69 Å². The molecule has 2 aliphatic heterocycles. The molecular formula is C24H26ClN5O4. The quantitative estimate of drug-likeness (QED) is 0.445. The smallest absolute Gasteiger partial charge is 0.358 e. The number of halogens is 1. The number of esters is 1. The standard InChI is InChI=1S/C24H26ClN5O4/c1-13-10-16(14(2)26-18-4-5-19(25)27-21(18)23(32)33-3)20-17(11-13)22(31)30-7-6-15-12-34-9-8-29(15)24(30)28-20/h4-5,10-11,14-15,26H,6-9,12H2,1-3H3/t14-,15?/m1/s1. The van der Waals surface area contributed by atoms with Gasteiger partial charge in [-0.15, -0.1) is 0 Å². The van der Waals surface area contributed by atoms with Crippen LogP contribution in [0.3, 0.4) is 0 Å². The number of nitrogens with zero attached hydrogens (tertiary/aromatic N) is 4. The molecule has 0 spiro atoms. The van der Waals surface area contributed by atoms with Crippen molar-refractivity contribution in [2.24, 2.45) is 0 Å². The predicted octanol–water partition coefficient (Wildman–Crippen LogP) is 3.32. The molecular weight excluding hydrogens is 458 g/mol. The van der Waals surface area contributed by atoms with E-state index in [0.29, 0.717) is 48.8 Å². The van der Waals surface area contributed by atoms with E-state index in [9.17, 15) is 9.59 Å². The van der Waals surface area contributed by atoms with Gasteiger partial charge in [0.05, 0.1) is 49.0 Å². The van der Waals surface area contributed by atoms with E-state index < -0.39 is 5.97 Å². The van der Waals surface area contributed by atoms with Crippen LogP contribution in [0.25, 0.3) is 10.9 Å². The zero-order valence-corrected chi connectivity index (χ0v) is 20.1. The molecule has 0 radical (unpaired) electrons. The van der Waals surface area contributed by atoms with Crippen LogP contribution in [0, 0.1) is 6.92 Å². The molecule has 34 heavy (non-hydrogen) atoms. The Labute approximate surface area is 201 Å². The molecule has 1 aromatic carbocycles. The highest BCUT2D eigenvalue weighted by Crippen LogP contribution is 2.31. The molecule has 3 aromatic rings. The highest BCUT2D eigenvalue weighted by molar-refractivity contribution is 6.29. The Balaban J connectivity index is 1.61. The van der Waals surface area contributed by atoms with Gasteiger partial charge in [0.2, 0.25) is 5.95 Å². The number of benzene rings is 1. The van der Waals surface area contributed by atoms with E-state index >= 15 is 0 Å². The minimum absolute atomic E-state index is 0.0366. The van der Waals surface area contributed by atoms with Gasteiger partial charge in [-0.3, -0.25) is 9.36 Å². The average molecular weight is 484 g/mol. The van der Waals surface area contributed by atoms with Crippen LogP contribution in [0.2, 0.25) is 5.15 Å². The van der Waals surface area contributed by atoms with Gasteiger partial charge < -0.3 is 19.7 Å². The van der Waals surface area contributed by atoms with Gasteiger partial charge >= 0.3 is 5.97 Å². The molecule has 0 amide bonds. The molecule has 2 aromatic heterocycles. The summed E-state index contributed by atoms with van der Waals surface area (Å²) in [5.74, 6) is 0.105. The fraction of sp³-hybridized carbons (Fsp3) is 0.417. The van der Waals surface area contributed by atoms with Gasteiger partial charge in [-0.05, 0) is 44.0 Å². The molecule has 0 aliphatic carbocycles. The van der Waals surface area contributed by atoms with Gasteiger partial charge in [-0.2, -0.15) is 0 Å². The van der Waals surface area contributed by atoms with Gasteiger partial charge in [0, 0.05) is 18.7 Å². The lowest BCUT2D eigenvalue weighted by Gasteiger charge is -2.41. The molecule has 10 heteroatoms. The Morgan fingerprint density at radius 1 is 1.29 bits per heavy atom. The van der Waals surface area contributed by atoms with Crippen LogP contribution < -0.4 is 15.8 Å². The number of hydrogen-bond acceptors (Lipinski definition) is 8. The van der Waals surface area contributed by atoms with Crippen LogP contribution in [0.15, 0.2) is 29.1 Å². The number of rotatable bonds is 4. The molecule has 4 heterocycles. The number of carbonyl (C=O) groups excluding carboxylic acids is 1. The summed E-state index contributed by atoms with van der Waals surface area (Å²) in [6.07, 6.45) is 0.858. The summed E-state index contributed by atoms with van der Waals surface area (Å²) in [6.45, 7) is 6.50. The van der Waals surface area contributed by atoms with Crippen molar-refractivity contribution >= 4 is 40.1 Å². The van der Waals surface area contributed by atoms with Gasteiger partial charge in [0.25, 0.3) is 5.56 Å². The first-order valence-corrected chi connectivity index (χ1v) is 11.7. The Bertz CT molecular complexity index is 1340. The molecule has 1 N–H and O–H groups in total. The van der Waals surface area contributed by atoms with Gasteiger partial charge in [-0.25, -0.2) is 14.8 Å². The molecule has 9 nitrogen and oxygen atoms in total. The van der Waals surface area contributed by atoms with E-state index in [1.807, 2.05) is 26.0 Å². The normalized spacial score (nSPS) is 18.2. The molecule has 178 valence electrons.